The molecule has 0 unspecified atom stereocenters. The Morgan fingerprint density at radius 3 is 2.32 bits per heavy atom. The van der Waals surface area contributed by atoms with Gasteiger partial charge in [-0.05, 0) is 57.4 Å². The van der Waals surface area contributed by atoms with Gasteiger partial charge >= 0.3 is 6.18 Å². The van der Waals surface area contributed by atoms with E-state index in [0.29, 0.717) is 29.3 Å². The second-order valence-corrected chi connectivity index (χ2v) is 14.7. The maximum atomic E-state index is 13.9. The summed E-state index contributed by atoms with van der Waals surface area (Å²) >= 11 is 0. The highest BCUT2D eigenvalue weighted by atomic mass is 32.2. The van der Waals surface area contributed by atoms with Crippen LogP contribution in [0.2, 0.25) is 0 Å². The van der Waals surface area contributed by atoms with Gasteiger partial charge in [-0.15, -0.1) is 0 Å². The second kappa shape index (κ2) is 10.9. The van der Waals surface area contributed by atoms with E-state index in [2.05, 4.69) is 25.6 Å². The standard InChI is InChI=1S/C24H29F3N5O4PS/c1-7-15-12-19(37(5,6)33)30-22(36-4)20(15)31-23-28-13-16(24(25,26)27)21(32-23)29-17-10-8-9-11-18(17)38(34,35)14(2)3/h8-14H,7H2,1-6H3,(H2,28,29,31,32). The molecule has 0 bridgehead atoms. The number of nitrogens with zero attached hydrogens (tertiary/aromatic N) is 3. The van der Waals surface area contributed by atoms with Gasteiger partial charge in [-0.3, -0.25) is 0 Å². The maximum Gasteiger partial charge on any atom is 0.421 e. The van der Waals surface area contributed by atoms with E-state index in [1.165, 1.54) is 45.2 Å². The van der Waals surface area contributed by atoms with Gasteiger partial charge < -0.3 is 19.9 Å². The number of anilines is 4. The lowest BCUT2D eigenvalue weighted by molar-refractivity contribution is -0.137. The van der Waals surface area contributed by atoms with E-state index in [0.717, 1.165) is 0 Å². The number of halogens is 3. The molecule has 0 radical (unpaired) electrons. The Morgan fingerprint density at radius 2 is 1.76 bits per heavy atom. The zero-order chi connectivity index (χ0) is 28.5. The molecule has 14 heteroatoms. The number of benzene rings is 1. The fourth-order valence-corrected chi connectivity index (χ4v) is 5.45. The van der Waals surface area contributed by atoms with Crippen molar-refractivity contribution in [2.24, 2.45) is 0 Å². The second-order valence-electron chi connectivity index (χ2n) is 9.02. The van der Waals surface area contributed by atoms with E-state index in [4.69, 9.17) is 4.74 Å². The lowest BCUT2D eigenvalue weighted by Gasteiger charge is -2.19. The van der Waals surface area contributed by atoms with Crippen molar-refractivity contribution in [1.29, 1.82) is 0 Å². The molecule has 0 aliphatic rings. The molecule has 0 amide bonds. The van der Waals surface area contributed by atoms with Crippen LogP contribution in [0.1, 0.15) is 31.9 Å². The number of methoxy groups -OCH3 is 1. The van der Waals surface area contributed by atoms with Gasteiger partial charge in [0.1, 0.15) is 29.6 Å². The number of sulfone groups is 1. The lowest BCUT2D eigenvalue weighted by atomic mass is 10.1. The van der Waals surface area contributed by atoms with Gasteiger partial charge in [-0.1, -0.05) is 19.1 Å². The first-order chi connectivity index (χ1) is 17.6. The number of ether oxygens (including phenoxy) is 1. The van der Waals surface area contributed by atoms with Crippen molar-refractivity contribution in [1.82, 2.24) is 15.0 Å². The van der Waals surface area contributed by atoms with Crippen molar-refractivity contribution in [3.63, 3.8) is 0 Å². The molecule has 3 aromatic rings. The number of para-hydroxylation sites is 1. The molecule has 0 spiro atoms. The molecular formula is C24H29F3N5O4PS. The Labute approximate surface area is 219 Å². The summed E-state index contributed by atoms with van der Waals surface area (Å²) in [5.41, 5.74) is 0.0444. The molecule has 2 N–H and O–H groups in total. The summed E-state index contributed by atoms with van der Waals surface area (Å²) in [6.07, 6.45) is -3.77. The average molecular weight is 572 g/mol. The van der Waals surface area contributed by atoms with Crippen molar-refractivity contribution in [3.05, 3.63) is 47.7 Å². The number of pyridine rings is 1. The zero-order valence-corrected chi connectivity index (χ0v) is 23.4. The zero-order valence-electron chi connectivity index (χ0n) is 21.7. The van der Waals surface area contributed by atoms with Crippen molar-refractivity contribution >= 4 is 45.6 Å². The molecule has 0 aliphatic heterocycles. The first kappa shape index (κ1) is 29.4. The summed E-state index contributed by atoms with van der Waals surface area (Å²) in [7, 11) is -5.19. The molecule has 9 nitrogen and oxygen atoms in total. The monoisotopic (exact) mass is 571 g/mol. The number of aryl methyl sites for hydroxylation is 1. The number of hydrogen-bond acceptors (Lipinski definition) is 9. The Bertz CT molecular complexity index is 1470. The molecule has 0 saturated heterocycles. The minimum atomic E-state index is -4.83. The van der Waals surface area contributed by atoms with Crippen LogP contribution >= 0.6 is 7.14 Å². The molecule has 0 fully saturated rings. The van der Waals surface area contributed by atoms with Crippen LogP contribution in [0.15, 0.2) is 41.4 Å². The highest BCUT2D eigenvalue weighted by Crippen LogP contribution is 2.39. The molecule has 38 heavy (non-hydrogen) atoms. The van der Waals surface area contributed by atoms with Gasteiger partial charge in [0, 0.05) is 6.20 Å². The van der Waals surface area contributed by atoms with Crippen LogP contribution in [0.25, 0.3) is 0 Å². The van der Waals surface area contributed by atoms with Crippen LogP contribution in [-0.4, -0.2) is 49.1 Å². The largest absolute Gasteiger partial charge is 0.479 e. The number of hydrogen-bond donors (Lipinski definition) is 2. The van der Waals surface area contributed by atoms with E-state index in [-0.39, 0.29) is 22.4 Å². The summed E-state index contributed by atoms with van der Waals surface area (Å²) in [6.45, 7) is 7.93. The van der Waals surface area contributed by atoms with Gasteiger partial charge in [0.2, 0.25) is 11.8 Å². The van der Waals surface area contributed by atoms with Crippen LogP contribution in [0.3, 0.4) is 0 Å². The van der Waals surface area contributed by atoms with Crippen LogP contribution in [0, 0.1) is 0 Å². The average Bonchev–Trinajstić information content (AvgIpc) is 2.83. The molecule has 206 valence electrons. The van der Waals surface area contributed by atoms with E-state index in [1.807, 2.05) is 6.92 Å². The molecule has 1 aromatic carbocycles. The minimum Gasteiger partial charge on any atom is -0.479 e. The van der Waals surface area contributed by atoms with E-state index in [9.17, 15) is 26.2 Å². The van der Waals surface area contributed by atoms with E-state index >= 15 is 0 Å². The van der Waals surface area contributed by atoms with E-state index in [1.54, 1.807) is 19.4 Å². The summed E-state index contributed by atoms with van der Waals surface area (Å²) in [5, 5.41) is 4.61. The predicted molar refractivity (Wildman–Crippen MR) is 142 cm³/mol. The third-order valence-electron chi connectivity index (χ3n) is 5.58. The molecule has 0 aliphatic carbocycles. The Hall–Kier alpha value is -3.18. The molecule has 0 atom stereocenters. The normalized spacial score (nSPS) is 12.5. The highest BCUT2D eigenvalue weighted by Gasteiger charge is 2.36. The predicted octanol–water partition coefficient (Wildman–Crippen LogP) is 5.38. The van der Waals surface area contributed by atoms with Crippen molar-refractivity contribution in [2.75, 3.05) is 31.1 Å². The summed E-state index contributed by atoms with van der Waals surface area (Å²) < 4.78 is 85.2. The first-order valence-electron chi connectivity index (χ1n) is 11.5. The number of aromatic nitrogens is 3. The molecule has 0 saturated carbocycles. The van der Waals surface area contributed by atoms with Gasteiger partial charge in [0.25, 0.3) is 0 Å². The Kier molecular flexibility index (Phi) is 8.42. The smallest absolute Gasteiger partial charge is 0.421 e. The summed E-state index contributed by atoms with van der Waals surface area (Å²) in [5.74, 6) is -0.785. The highest BCUT2D eigenvalue weighted by molar-refractivity contribution is 7.92. The van der Waals surface area contributed by atoms with Crippen LogP contribution in [0.4, 0.5) is 36.3 Å². The van der Waals surface area contributed by atoms with Crippen LogP contribution in [0.5, 0.6) is 5.88 Å². The molecule has 2 aromatic heterocycles. The number of rotatable bonds is 9. The van der Waals surface area contributed by atoms with Crippen LogP contribution in [-0.2, 0) is 27.0 Å². The lowest BCUT2D eigenvalue weighted by Crippen LogP contribution is -2.17. The van der Waals surface area contributed by atoms with Crippen molar-refractivity contribution < 1.29 is 30.9 Å². The fraction of sp³-hybridized carbons (Fsp3) is 0.375. The van der Waals surface area contributed by atoms with Gasteiger partial charge in [0.15, 0.2) is 9.84 Å². The third kappa shape index (κ3) is 6.27. The molecule has 3 rings (SSSR count). The number of alkyl halides is 3. The first-order valence-corrected chi connectivity index (χ1v) is 15.7. The van der Waals surface area contributed by atoms with Gasteiger partial charge in [0.05, 0.1) is 22.9 Å². The maximum absolute atomic E-state index is 13.9. The van der Waals surface area contributed by atoms with Gasteiger partial charge in [-0.2, -0.15) is 18.2 Å². The SMILES string of the molecule is CCc1cc(P(C)(C)=O)nc(OC)c1Nc1ncc(C(F)(F)F)c(Nc2ccccc2S(=O)(=O)C(C)C)n1. The van der Waals surface area contributed by atoms with Gasteiger partial charge in [-0.25, -0.2) is 18.4 Å². The molecule has 2 heterocycles. The topological polar surface area (TPSA) is 123 Å². The van der Waals surface area contributed by atoms with Crippen molar-refractivity contribution in [3.8, 4) is 5.88 Å². The van der Waals surface area contributed by atoms with E-state index < -0.39 is 39.8 Å². The van der Waals surface area contributed by atoms with Crippen LogP contribution < -0.4 is 20.8 Å². The Morgan fingerprint density at radius 1 is 1.11 bits per heavy atom. The Balaban J connectivity index is 2.14. The van der Waals surface area contributed by atoms with Crippen molar-refractivity contribution in [2.45, 2.75) is 43.5 Å². The molecular weight excluding hydrogens is 542 g/mol. The quantitative estimate of drug-likeness (QED) is 0.326. The summed E-state index contributed by atoms with van der Waals surface area (Å²) in [4.78, 5) is 12.0. The third-order valence-corrected chi connectivity index (χ3v) is 9.12. The minimum absolute atomic E-state index is 0.0594. The number of nitrogens with one attached hydrogen (secondary N) is 2. The fourth-order valence-electron chi connectivity index (χ4n) is 3.45. The summed E-state index contributed by atoms with van der Waals surface area (Å²) in [6, 6.07) is 7.30.